The minimum absolute atomic E-state index is 0.0302. The molecule has 1 unspecified atom stereocenters. The first-order chi connectivity index (χ1) is 16.2. The van der Waals surface area contributed by atoms with Gasteiger partial charge in [-0.05, 0) is 6.07 Å². The van der Waals surface area contributed by atoms with Crippen molar-refractivity contribution in [2.75, 3.05) is 50.9 Å². The molecule has 3 aliphatic heterocycles. The van der Waals surface area contributed by atoms with Crippen molar-refractivity contribution in [2.24, 2.45) is 0 Å². The lowest BCUT2D eigenvalue weighted by Gasteiger charge is -2.40. The van der Waals surface area contributed by atoms with Crippen molar-refractivity contribution in [3.8, 4) is 16.8 Å². The number of nitrogens with zero attached hydrogens (tertiary/aromatic N) is 5. The molecule has 33 heavy (non-hydrogen) atoms. The Labute approximate surface area is 194 Å². The van der Waals surface area contributed by atoms with Gasteiger partial charge < -0.3 is 29.2 Å². The molecule has 11 heteroatoms. The van der Waals surface area contributed by atoms with Crippen LogP contribution in [0, 0.1) is 11.3 Å². The molecule has 3 aromatic rings. The van der Waals surface area contributed by atoms with Crippen LogP contribution in [0.3, 0.4) is 0 Å². The van der Waals surface area contributed by atoms with Gasteiger partial charge in [-0.25, -0.2) is 9.97 Å². The summed E-state index contributed by atoms with van der Waals surface area (Å²) >= 11 is 1.57. The number of H-pyrrole nitrogens is 1. The zero-order valence-electron chi connectivity index (χ0n) is 18.0. The van der Waals surface area contributed by atoms with Crippen molar-refractivity contribution in [2.45, 2.75) is 25.5 Å². The molecule has 2 fully saturated rings. The summed E-state index contributed by atoms with van der Waals surface area (Å²) in [5.41, 5.74) is 3.99. The highest BCUT2D eigenvalue weighted by Gasteiger charge is 2.30. The van der Waals surface area contributed by atoms with Gasteiger partial charge in [0, 0.05) is 38.8 Å². The first-order valence-corrected chi connectivity index (χ1v) is 11.9. The number of piperazine rings is 1. The Morgan fingerprint density at radius 2 is 2.12 bits per heavy atom. The molecule has 0 radical (unpaired) electrons. The summed E-state index contributed by atoms with van der Waals surface area (Å²) < 4.78 is 16.3. The zero-order chi connectivity index (χ0) is 22.4. The normalized spacial score (nSPS) is 20.4. The number of hydrogen-bond donors (Lipinski definition) is 2. The number of aromatic nitrogens is 3. The Kier molecular flexibility index (Phi) is 5.49. The van der Waals surface area contributed by atoms with E-state index in [4.69, 9.17) is 19.2 Å². The second-order valence-corrected chi connectivity index (χ2v) is 9.46. The van der Waals surface area contributed by atoms with Gasteiger partial charge in [0.2, 0.25) is 6.41 Å². The van der Waals surface area contributed by atoms with Crippen molar-refractivity contribution in [1.29, 1.82) is 5.26 Å². The van der Waals surface area contributed by atoms with Gasteiger partial charge in [0.25, 0.3) is 0 Å². The SMILES string of the molecule is N#Cc1c(-c2nc3c(s2)COCC3)[nH]c2nccc(N3CCN(C(O)OC4COC4)CC3)c12. The van der Waals surface area contributed by atoms with E-state index < -0.39 is 6.41 Å². The minimum atomic E-state index is -0.924. The third kappa shape index (κ3) is 3.78. The van der Waals surface area contributed by atoms with Gasteiger partial charge in [-0.3, -0.25) is 4.90 Å². The van der Waals surface area contributed by atoms with Crippen LogP contribution in [0.5, 0.6) is 0 Å². The molecule has 6 heterocycles. The fraction of sp³-hybridized carbons (Fsp3) is 0.500. The van der Waals surface area contributed by atoms with Crippen LogP contribution in [-0.2, 0) is 27.2 Å². The second-order valence-electron chi connectivity index (χ2n) is 8.38. The predicted molar refractivity (Wildman–Crippen MR) is 121 cm³/mol. The number of aliphatic hydroxyl groups is 1. The maximum absolute atomic E-state index is 10.4. The van der Waals surface area contributed by atoms with E-state index >= 15 is 0 Å². The van der Waals surface area contributed by atoms with E-state index in [9.17, 15) is 10.4 Å². The molecule has 0 aromatic carbocycles. The molecule has 0 bridgehead atoms. The number of thiazole rings is 1. The maximum atomic E-state index is 10.4. The number of anilines is 1. The zero-order valence-corrected chi connectivity index (χ0v) is 18.8. The Morgan fingerprint density at radius 3 is 2.85 bits per heavy atom. The van der Waals surface area contributed by atoms with E-state index in [0.717, 1.165) is 38.8 Å². The van der Waals surface area contributed by atoms with Crippen LogP contribution in [0.4, 0.5) is 5.69 Å². The monoisotopic (exact) mass is 468 g/mol. The van der Waals surface area contributed by atoms with Crippen LogP contribution < -0.4 is 4.90 Å². The summed E-state index contributed by atoms with van der Waals surface area (Å²) in [6.07, 6.45) is 1.61. The summed E-state index contributed by atoms with van der Waals surface area (Å²) in [4.78, 5) is 17.9. The van der Waals surface area contributed by atoms with Gasteiger partial charge in [-0.15, -0.1) is 11.3 Å². The molecule has 10 nitrogen and oxygen atoms in total. The molecule has 3 aliphatic rings. The minimum Gasteiger partial charge on any atom is -0.376 e. The third-order valence-electron chi connectivity index (χ3n) is 6.38. The van der Waals surface area contributed by atoms with Crippen molar-refractivity contribution in [3.63, 3.8) is 0 Å². The van der Waals surface area contributed by atoms with Crippen molar-refractivity contribution >= 4 is 28.1 Å². The smallest absolute Gasteiger partial charge is 0.216 e. The molecule has 0 amide bonds. The summed E-state index contributed by atoms with van der Waals surface area (Å²) in [5.74, 6) is 0. The number of hydrogen-bond acceptors (Lipinski definition) is 10. The predicted octanol–water partition coefficient (Wildman–Crippen LogP) is 1.44. The molecule has 2 saturated heterocycles. The summed E-state index contributed by atoms with van der Waals surface area (Å²) in [6.45, 7) is 5.03. The first kappa shape index (κ1) is 21.0. The lowest BCUT2D eigenvalue weighted by atomic mass is 10.1. The van der Waals surface area contributed by atoms with E-state index in [0.29, 0.717) is 63.8 Å². The fourth-order valence-electron chi connectivity index (χ4n) is 4.50. The maximum Gasteiger partial charge on any atom is 0.216 e. The Balaban J connectivity index is 1.27. The molecule has 2 N–H and O–H groups in total. The van der Waals surface area contributed by atoms with E-state index in [1.165, 1.54) is 0 Å². The molecule has 172 valence electrons. The number of nitriles is 1. The third-order valence-corrected chi connectivity index (χ3v) is 7.47. The van der Waals surface area contributed by atoms with E-state index in [1.54, 1.807) is 17.5 Å². The summed E-state index contributed by atoms with van der Waals surface area (Å²) in [5, 5.41) is 22.1. The van der Waals surface area contributed by atoms with Crippen LogP contribution in [0.25, 0.3) is 21.7 Å². The number of ether oxygens (including phenoxy) is 3. The van der Waals surface area contributed by atoms with Gasteiger partial charge in [0.05, 0.1) is 59.3 Å². The van der Waals surface area contributed by atoms with Gasteiger partial charge in [0.15, 0.2) is 0 Å². The number of aromatic amines is 1. The van der Waals surface area contributed by atoms with E-state index in [1.807, 2.05) is 11.0 Å². The molecule has 6 rings (SSSR count). The second kappa shape index (κ2) is 8.64. The van der Waals surface area contributed by atoms with E-state index in [-0.39, 0.29) is 6.10 Å². The molecule has 1 atom stereocenters. The van der Waals surface area contributed by atoms with Crippen molar-refractivity contribution in [1.82, 2.24) is 19.9 Å². The summed E-state index contributed by atoms with van der Waals surface area (Å²) in [7, 11) is 0. The Morgan fingerprint density at radius 1 is 1.27 bits per heavy atom. The highest BCUT2D eigenvalue weighted by atomic mass is 32.1. The number of fused-ring (bicyclic) bond motifs is 2. The number of aliphatic hydroxyl groups excluding tert-OH is 1. The Hall–Kier alpha value is -2.59. The number of nitrogens with one attached hydrogen (secondary N) is 1. The average molecular weight is 469 g/mol. The summed E-state index contributed by atoms with van der Waals surface area (Å²) in [6, 6.07) is 4.35. The lowest BCUT2D eigenvalue weighted by molar-refractivity contribution is -0.262. The van der Waals surface area contributed by atoms with Gasteiger partial charge in [-0.2, -0.15) is 5.26 Å². The standard InChI is InChI=1S/C22H24N6O4S/c23-9-14-18-16(27-4-6-28(7-5-27)22(29)32-13-10-31-11-13)1-3-24-20(18)26-19(14)21-25-15-2-8-30-12-17(15)33-21/h1,3,13,22,29H,2,4-8,10-12H2,(H,24,26). The molecule has 3 aromatic heterocycles. The van der Waals surface area contributed by atoms with Crippen LogP contribution >= 0.6 is 11.3 Å². The number of pyridine rings is 1. The van der Waals surface area contributed by atoms with Gasteiger partial charge in [0.1, 0.15) is 22.8 Å². The quantitative estimate of drug-likeness (QED) is 0.536. The van der Waals surface area contributed by atoms with Gasteiger partial charge >= 0.3 is 0 Å². The van der Waals surface area contributed by atoms with Gasteiger partial charge in [-0.1, -0.05) is 0 Å². The van der Waals surface area contributed by atoms with Crippen LogP contribution in [-0.4, -0.2) is 83.5 Å². The van der Waals surface area contributed by atoms with E-state index in [2.05, 4.69) is 20.9 Å². The van der Waals surface area contributed by atoms with Crippen LogP contribution in [0.1, 0.15) is 16.1 Å². The van der Waals surface area contributed by atoms with Crippen LogP contribution in [0.15, 0.2) is 12.3 Å². The Bertz CT molecular complexity index is 1180. The van der Waals surface area contributed by atoms with Crippen LogP contribution in [0.2, 0.25) is 0 Å². The highest BCUT2D eigenvalue weighted by molar-refractivity contribution is 7.15. The largest absolute Gasteiger partial charge is 0.376 e. The molecule has 0 spiro atoms. The molecule has 0 aliphatic carbocycles. The highest BCUT2D eigenvalue weighted by Crippen LogP contribution is 2.38. The first-order valence-electron chi connectivity index (χ1n) is 11.1. The lowest BCUT2D eigenvalue weighted by Crippen LogP contribution is -2.53. The number of rotatable bonds is 5. The fourth-order valence-corrected chi connectivity index (χ4v) is 5.55. The average Bonchev–Trinajstić information content (AvgIpc) is 3.42. The molecular weight excluding hydrogens is 444 g/mol. The molecular formula is C22H24N6O4S. The topological polar surface area (TPSA) is 120 Å². The van der Waals surface area contributed by atoms with Crippen molar-refractivity contribution < 1.29 is 19.3 Å². The molecule has 0 saturated carbocycles. The van der Waals surface area contributed by atoms with Crippen molar-refractivity contribution in [3.05, 3.63) is 28.4 Å².